The fraction of sp³-hybridized carbons (Fsp3) is 0.321. The van der Waals surface area contributed by atoms with Crippen molar-refractivity contribution in [1.29, 1.82) is 0 Å². The average Bonchev–Trinajstić information content (AvgIpc) is 3.72. The van der Waals surface area contributed by atoms with Gasteiger partial charge in [-0.15, -0.1) is 0 Å². The molecule has 1 aliphatic heterocycles. The molecule has 6 rings (SSSR count). The van der Waals surface area contributed by atoms with Gasteiger partial charge in [0, 0.05) is 60.6 Å². The number of hydrogen-bond acceptors (Lipinski definition) is 7. The van der Waals surface area contributed by atoms with Gasteiger partial charge in [-0.1, -0.05) is 0 Å². The molecule has 2 aromatic heterocycles. The van der Waals surface area contributed by atoms with E-state index in [-0.39, 0.29) is 28.5 Å². The van der Waals surface area contributed by atoms with Crippen LogP contribution >= 0.6 is 0 Å². The zero-order chi connectivity index (χ0) is 27.3. The van der Waals surface area contributed by atoms with Crippen molar-refractivity contribution in [2.45, 2.75) is 19.8 Å². The maximum atomic E-state index is 15.4. The van der Waals surface area contributed by atoms with Crippen LogP contribution in [0.2, 0.25) is 0 Å². The first-order valence-electron chi connectivity index (χ1n) is 12.8. The number of benzene rings is 2. The highest BCUT2D eigenvalue weighted by molar-refractivity contribution is 5.96. The second-order valence-corrected chi connectivity index (χ2v) is 10.1. The Morgan fingerprint density at radius 3 is 2.41 bits per heavy atom. The largest absolute Gasteiger partial charge is 0.433 e. The van der Waals surface area contributed by atoms with Crippen LogP contribution in [0.4, 0.5) is 30.4 Å². The van der Waals surface area contributed by atoms with E-state index in [1.54, 1.807) is 6.92 Å². The summed E-state index contributed by atoms with van der Waals surface area (Å²) in [6, 6.07) is 9.71. The van der Waals surface area contributed by atoms with Gasteiger partial charge in [0.2, 0.25) is 11.7 Å². The number of carbonyl (C=O) groups is 1. The Labute approximate surface area is 223 Å². The molecule has 0 radical (unpaired) electrons. The number of likely N-dealkylation sites (N-methyl/N-ethyl adjacent to an activating group) is 1. The molecule has 1 aliphatic carbocycles. The van der Waals surface area contributed by atoms with Crippen molar-refractivity contribution < 1.29 is 22.7 Å². The second kappa shape index (κ2) is 9.88. The Hall–Kier alpha value is -4.12. The Bertz CT molecular complexity index is 1560. The summed E-state index contributed by atoms with van der Waals surface area (Å²) >= 11 is 0. The molecule has 1 saturated carbocycles. The molecule has 2 fully saturated rings. The molecule has 1 N–H and O–H groups in total. The summed E-state index contributed by atoms with van der Waals surface area (Å²) < 4.78 is 52.4. The summed E-state index contributed by atoms with van der Waals surface area (Å²) in [5.74, 6) is -4.45. The lowest BCUT2D eigenvalue weighted by atomic mass is 10.2. The highest BCUT2D eigenvalue weighted by Gasteiger charge is 2.33. The van der Waals surface area contributed by atoms with Gasteiger partial charge in [-0.2, -0.15) is 9.37 Å². The number of hydrogen-bond donors (Lipinski definition) is 1. The third-order valence-electron chi connectivity index (χ3n) is 7.23. The number of halogens is 3. The van der Waals surface area contributed by atoms with E-state index in [0.717, 1.165) is 57.1 Å². The van der Waals surface area contributed by atoms with Gasteiger partial charge in [0.15, 0.2) is 23.2 Å². The standard InChI is InChI=1S/C28H27F3N6O2/c1-16-13-20-23(30)22(14-21(29)25(20)37(16)28(38)17-3-4-17)39-27-24(31)26(32-15-33-27)34-18-5-7-19(8-6-18)36-11-9-35(2)10-12-36/h5-8,13-15,17H,3-4,9-12H2,1-2H3,(H,32,33,34). The number of rotatable bonds is 6. The molecule has 39 heavy (non-hydrogen) atoms. The van der Waals surface area contributed by atoms with Gasteiger partial charge in [0.25, 0.3) is 5.88 Å². The van der Waals surface area contributed by atoms with Gasteiger partial charge in [0.05, 0.1) is 5.52 Å². The normalized spacial score (nSPS) is 16.1. The highest BCUT2D eigenvalue weighted by atomic mass is 19.1. The summed E-state index contributed by atoms with van der Waals surface area (Å²) in [7, 11) is 2.09. The number of nitrogens with one attached hydrogen (secondary N) is 1. The minimum atomic E-state index is -0.960. The molecule has 2 aromatic carbocycles. The minimum Gasteiger partial charge on any atom is -0.433 e. The Morgan fingerprint density at radius 1 is 1.00 bits per heavy atom. The van der Waals surface area contributed by atoms with Crippen LogP contribution in [0.1, 0.15) is 23.3 Å². The minimum absolute atomic E-state index is 0.121. The topological polar surface area (TPSA) is 75.5 Å². The molecule has 3 heterocycles. The molecule has 0 spiro atoms. The van der Waals surface area contributed by atoms with Crippen LogP contribution in [0.15, 0.2) is 42.7 Å². The summed E-state index contributed by atoms with van der Waals surface area (Å²) in [6.07, 6.45) is 2.53. The monoisotopic (exact) mass is 536 g/mol. The van der Waals surface area contributed by atoms with Crippen LogP contribution < -0.4 is 15.0 Å². The number of aromatic nitrogens is 3. The summed E-state index contributed by atoms with van der Waals surface area (Å²) in [5, 5.41) is 2.77. The van der Waals surface area contributed by atoms with E-state index in [9.17, 15) is 4.79 Å². The molecule has 0 bridgehead atoms. The van der Waals surface area contributed by atoms with Gasteiger partial charge >= 0.3 is 0 Å². The second-order valence-electron chi connectivity index (χ2n) is 10.1. The molecule has 0 atom stereocenters. The van der Waals surface area contributed by atoms with E-state index < -0.39 is 29.1 Å². The SMILES string of the molecule is Cc1cc2c(F)c(Oc3ncnc(Nc4ccc(N5CCN(C)CC5)cc4)c3F)cc(F)c2n1C(=O)C1CC1. The van der Waals surface area contributed by atoms with Gasteiger partial charge < -0.3 is 19.9 Å². The smallest absolute Gasteiger partial charge is 0.261 e. The lowest BCUT2D eigenvalue weighted by molar-refractivity contribution is 0.0889. The van der Waals surface area contributed by atoms with Crippen molar-refractivity contribution in [2.75, 3.05) is 43.4 Å². The molecule has 4 aromatic rings. The lowest BCUT2D eigenvalue weighted by Crippen LogP contribution is -2.44. The van der Waals surface area contributed by atoms with Crippen LogP contribution in [0, 0.1) is 30.3 Å². The molecule has 0 amide bonds. The first-order valence-corrected chi connectivity index (χ1v) is 12.8. The number of piperazine rings is 1. The van der Waals surface area contributed by atoms with Gasteiger partial charge in [-0.3, -0.25) is 9.36 Å². The molecule has 1 saturated heterocycles. The van der Waals surface area contributed by atoms with E-state index in [0.29, 0.717) is 11.4 Å². The van der Waals surface area contributed by atoms with E-state index in [1.165, 1.54) is 10.6 Å². The maximum absolute atomic E-state index is 15.4. The molecule has 2 aliphatic rings. The van der Waals surface area contributed by atoms with E-state index in [2.05, 4.69) is 32.1 Å². The number of aryl methyl sites for hydroxylation is 1. The summed E-state index contributed by atoms with van der Waals surface area (Å²) in [6.45, 7) is 5.43. The zero-order valence-corrected chi connectivity index (χ0v) is 21.5. The van der Waals surface area contributed by atoms with Crippen molar-refractivity contribution in [2.24, 2.45) is 5.92 Å². The number of nitrogens with zero attached hydrogens (tertiary/aromatic N) is 5. The van der Waals surface area contributed by atoms with Crippen LogP contribution in [0.3, 0.4) is 0 Å². The Morgan fingerprint density at radius 2 is 1.72 bits per heavy atom. The predicted molar refractivity (Wildman–Crippen MR) is 141 cm³/mol. The van der Waals surface area contributed by atoms with E-state index in [4.69, 9.17) is 4.74 Å². The first-order chi connectivity index (χ1) is 18.8. The summed E-state index contributed by atoms with van der Waals surface area (Å²) in [5.41, 5.74) is 1.92. The van der Waals surface area contributed by atoms with E-state index in [1.807, 2.05) is 24.3 Å². The van der Waals surface area contributed by atoms with Crippen LogP contribution in [-0.4, -0.2) is 58.6 Å². The first kappa shape index (κ1) is 25.2. The predicted octanol–water partition coefficient (Wildman–Crippen LogP) is 5.49. The Kier molecular flexibility index (Phi) is 6.38. The highest BCUT2D eigenvalue weighted by Crippen LogP contribution is 2.38. The maximum Gasteiger partial charge on any atom is 0.261 e. The van der Waals surface area contributed by atoms with Crippen molar-refractivity contribution >= 4 is 34.0 Å². The van der Waals surface area contributed by atoms with Crippen LogP contribution in [-0.2, 0) is 0 Å². The van der Waals surface area contributed by atoms with Gasteiger partial charge in [-0.05, 0) is 57.1 Å². The Balaban J connectivity index is 1.23. The fourth-order valence-electron chi connectivity index (χ4n) is 4.87. The fourth-order valence-corrected chi connectivity index (χ4v) is 4.87. The molecule has 0 unspecified atom stereocenters. The number of anilines is 3. The molecule has 202 valence electrons. The van der Waals surface area contributed by atoms with Gasteiger partial charge in [0.1, 0.15) is 6.33 Å². The average molecular weight is 537 g/mol. The van der Waals surface area contributed by atoms with Crippen molar-refractivity contribution in [3.8, 4) is 11.6 Å². The molecule has 11 heteroatoms. The van der Waals surface area contributed by atoms with Crippen molar-refractivity contribution in [3.05, 3.63) is 65.9 Å². The number of carbonyl (C=O) groups excluding carboxylic acids is 1. The summed E-state index contributed by atoms with van der Waals surface area (Å²) in [4.78, 5) is 24.9. The third-order valence-corrected chi connectivity index (χ3v) is 7.23. The third kappa shape index (κ3) is 4.78. The quantitative estimate of drug-likeness (QED) is 0.349. The van der Waals surface area contributed by atoms with Crippen LogP contribution in [0.5, 0.6) is 11.6 Å². The van der Waals surface area contributed by atoms with Crippen LogP contribution in [0.25, 0.3) is 10.9 Å². The van der Waals surface area contributed by atoms with Crippen molar-refractivity contribution in [3.63, 3.8) is 0 Å². The zero-order valence-electron chi connectivity index (χ0n) is 21.5. The molecular weight excluding hydrogens is 509 g/mol. The van der Waals surface area contributed by atoms with Crippen molar-refractivity contribution in [1.82, 2.24) is 19.4 Å². The van der Waals surface area contributed by atoms with Gasteiger partial charge in [-0.25, -0.2) is 13.8 Å². The number of fused-ring (bicyclic) bond motifs is 1. The number of ether oxygens (including phenoxy) is 1. The van der Waals surface area contributed by atoms with E-state index >= 15 is 13.2 Å². The molecule has 8 nitrogen and oxygen atoms in total. The lowest BCUT2D eigenvalue weighted by Gasteiger charge is -2.34. The molecular formula is C28H27F3N6O2.